The molecule has 17 heavy (non-hydrogen) atoms. The molecule has 1 atom stereocenters. The molecule has 1 heterocycles. The monoisotopic (exact) mass is 248 g/mol. The topological polar surface area (TPSA) is 56.0 Å². The van der Waals surface area contributed by atoms with E-state index < -0.39 is 0 Å². The predicted octanol–water partition coefficient (Wildman–Crippen LogP) is 2.76. The third kappa shape index (κ3) is 2.06. The largest absolute Gasteiger partial charge is 0.360 e. The Balaban J connectivity index is 1.98. The van der Waals surface area contributed by atoms with Gasteiger partial charge in [0.05, 0.1) is 10.9 Å². The third-order valence-corrected chi connectivity index (χ3v) is 4.61. The first-order chi connectivity index (χ1) is 8.24. The predicted molar refractivity (Wildman–Crippen MR) is 69.1 cm³/mol. The number of nitrogens with two attached hydrogens (primary N) is 1. The summed E-state index contributed by atoms with van der Waals surface area (Å²) in [5.74, 6) is 0. The van der Waals surface area contributed by atoms with E-state index in [0.29, 0.717) is 0 Å². The molecule has 90 valence electrons. The average Bonchev–Trinajstić information content (AvgIpc) is 2.73. The Hall–Kier alpha value is -1.03. The van der Waals surface area contributed by atoms with Crippen molar-refractivity contribution in [3.8, 4) is 0 Å². The number of nitrogens with zero attached hydrogens (tertiary/aromatic N) is 1. The molecule has 0 aromatic carbocycles. The van der Waals surface area contributed by atoms with Crippen LogP contribution in [0.4, 0.5) is 4.79 Å². The van der Waals surface area contributed by atoms with Gasteiger partial charge in [0, 0.05) is 5.69 Å². The van der Waals surface area contributed by atoms with Crippen LogP contribution in [-0.4, -0.2) is 10.2 Å². The summed E-state index contributed by atoms with van der Waals surface area (Å²) >= 11 is 1.24. The van der Waals surface area contributed by atoms with Gasteiger partial charge in [-0.1, -0.05) is 17.8 Å². The van der Waals surface area contributed by atoms with Gasteiger partial charge in [-0.2, -0.15) is 0 Å². The molecule has 0 saturated carbocycles. The van der Waals surface area contributed by atoms with Gasteiger partial charge in [-0.3, -0.25) is 9.78 Å². The number of carbonyl (C=O) groups excluding carboxylic acids is 1. The van der Waals surface area contributed by atoms with Crippen molar-refractivity contribution in [2.45, 2.75) is 43.8 Å². The highest BCUT2D eigenvalue weighted by molar-refractivity contribution is 8.13. The van der Waals surface area contributed by atoms with E-state index in [0.717, 1.165) is 31.4 Å². The molecule has 1 aromatic heterocycles. The van der Waals surface area contributed by atoms with Crippen LogP contribution in [0.1, 0.15) is 47.0 Å². The fourth-order valence-corrected chi connectivity index (χ4v) is 3.77. The molecule has 3 nitrogen and oxygen atoms in total. The summed E-state index contributed by atoms with van der Waals surface area (Å²) in [4.78, 5) is 15.9. The molecular weight excluding hydrogens is 232 g/mol. The van der Waals surface area contributed by atoms with Crippen LogP contribution in [0.2, 0.25) is 0 Å². The smallest absolute Gasteiger partial charge is 0.277 e. The highest BCUT2D eigenvalue weighted by Gasteiger charge is 2.26. The van der Waals surface area contributed by atoms with E-state index in [2.05, 4.69) is 6.07 Å². The van der Waals surface area contributed by atoms with Gasteiger partial charge in [-0.05, 0) is 49.7 Å². The van der Waals surface area contributed by atoms with Crippen molar-refractivity contribution in [3.63, 3.8) is 0 Å². The fraction of sp³-hybridized carbons (Fsp3) is 0.538. The van der Waals surface area contributed by atoms with Gasteiger partial charge in [-0.25, -0.2) is 0 Å². The number of aromatic nitrogens is 1. The fourth-order valence-electron chi connectivity index (χ4n) is 2.88. The Morgan fingerprint density at radius 1 is 1.29 bits per heavy atom. The maximum Gasteiger partial charge on any atom is 0.277 e. The minimum Gasteiger partial charge on any atom is -0.360 e. The van der Waals surface area contributed by atoms with Crippen LogP contribution < -0.4 is 5.73 Å². The molecule has 4 heteroatoms. The summed E-state index contributed by atoms with van der Waals surface area (Å²) in [7, 11) is 0. The Kier molecular flexibility index (Phi) is 2.82. The van der Waals surface area contributed by atoms with Crippen LogP contribution in [0, 0.1) is 0 Å². The normalized spacial score (nSPS) is 22.0. The van der Waals surface area contributed by atoms with Crippen LogP contribution in [0.3, 0.4) is 0 Å². The molecule has 1 unspecified atom stereocenters. The number of hydrogen-bond donors (Lipinski definition) is 1. The van der Waals surface area contributed by atoms with Crippen molar-refractivity contribution in [3.05, 3.63) is 28.6 Å². The molecule has 2 aliphatic carbocycles. The summed E-state index contributed by atoms with van der Waals surface area (Å²) in [5, 5.41) is -0.104. The first-order valence-corrected chi connectivity index (χ1v) is 7.09. The number of hydrogen-bond acceptors (Lipinski definition) is 3. The lowest BCUT2D eigenvalue weighted by Crippen LogP contribution is -2.15. The Bertz CT molecular complexity index is 473. The van der Waals surface area contributed by atoms with Gasteiger partial charge in [0.15, 0.2) is 0 Å². The highest BCUT2D eigenvalue weighted by atomic mass is 32.2. The van der Waals surface area contributed by atoms with Crippen LogP contribution in [0.25, 0.3) is 0 Å². The van der Waals surface area contributed by atoms with E-state index >= 15 is 0 Å². The van der Waals surface area contributed by atoms with Gasteiger partial charge in [0.1, 0.15) is 0 Å². The van der Waals surface area contributed by atoms with E-state index in [-0.39, 0.29) is 10.5 Å². The summed E-state index contributed by atoms with van der Waals surface area (Å²) < 4.78 is 0. The zero-order valence-electron chi connectivity index (χ0n) is 9.74. The number of pyridine rings is 1. The minimum atomic E-state index is -0.287. The molecule has 1 amide bonds. The Morgan fingerprint density at radius 2 is 2.12 bits per heavy atom. The van der Waals surface area contributed by atoms with E-state index in [1.165, 1.54) is 41.4 Å². The number of carbonyl (C=O) groups is 1. The number of aryl methyl sites for hydroxylation is 3. The first kappa shape index (κ1) is 11.1. The maximum absolute atomic E-state index is 11.1. The third-order valence-electron chi connectivity index (χ3n) is 3.64. The van der Waals surface area contributed by atoms with Gasteiger partial charge in [0.2, 0.25) is 0 Å². The summed E-state index contributed by atoms with van der Waals surface area (Å²) in [6.45, 7) is 0. The van der Waals surface area contributed by atoms with Crippen molar-refractivity contribution in [2.24, 2.45) is 5.73 Å². The Labute approximate surface area is 105 Å². The van der Waals surface area contributed by atoms with Crippen LogP contribution >= 0.6 is 11.8 Å². The van der Waals surface area contributed by atoms with Crippen molar-refractivity contribution in [2.75, 3.05) is 0 Å². The quantitative estimate of drug-likeness (QED) is 0.831. The summed E-state index contributed by atoms with van der Waals surface area (Å²) in [5.41, 5.74) is 10.4. The summed E-state index contributed by atoms with van der Waals surface area (Å²) in [6.07, 6.45) is 6.74. The molecule has 3 rings (SSSR count). The first-order valence-electron chi connectivity index (χ1n) is 6.21. The van der Waals surface area contributed by atoms with E-state index in [1.807, 2.05) is 0 Å². The number of amides is 1. The molecule has 1 aromatic rings. The van der Waals surface area contributed by atoms with Crippen molar-refractivity contribution in [1.29, 1.82) is 0 Å². The van der Waals surface area contributed by atoms with Crippen molar-refractivity contribution in [1.82, 2.24) is 4.98 Å². The highest BCUT2D eigenvalue weighted by Crippen LogP contribution is 2.40. The summed E-state index contributed by atoms with van der Waals surface area (Å²) in [6, 6.07) is 2.32. The lowest BCUT2D eigenvalue weighted by molar-refractivity contribution is 0.267. The molecule has 2 aliphatic rings. The average molecular weight is 248 g/mol. The van der Waals surface area contributed by atoms with Gasteiger partial charge in [-0.15, -0.1) is 0 Å². The minimum absolute atomic E-state index is 0.183. The second kappa shape index (κ2) is 4.33. The van der Waals surface area contributed by atoms with Crippen LogP contribution in [0.5, 0.6) is 0 Å². The van der Waals surface area contributed by atoms with Crippen molar-refractivity contribution < 1.29 is 4.79 Å². The SMILES string of the molecule is NC(=O)SC1CCCc2cc3c(nc21)CCC3. The standard InChI is InChI=1S/C13H16N2OS/c14-13(16)17-11-6-2-4-9-7-8-3-1-5-10(8)15-12(9)11/h7,11H,1-6H2,(H2,14,16). The van der Waals surface area contributed by atoms with Crippen molar-refractivity contribution >= 4 is 17.0 Å². The van der Waals surface area contributed by atoms with Crippen LogP contribution in [0.15, 0.2) is 6.07 Å². The van der Waals surface area contributed by atoms with Crippen LogP contribution in [-0.2, 0) is 19.3 Å². The lowest BCUT2D eigenvalue weighted by atomic mass is 9.94. The zero-order valence-corrected chi connectivity index (χ0v) is 10.6. The van der Waals surface area contributed by atoms with Gasteiger partial charge < -0.3 is 5.73 Å². The van der Waals surface area contributed by atoms with Gasteiger partial charge >= 0.3 is 0 Å². The molecular formula is C13H16N2OS. The Morgan fingerprint density at radius 3 is 2.94 bits per heavy atom. The molecule has 0 radical (unpaired) electrons. The molecule has 0 spiro atoms. The second-order valence-electron chi connectivity index (χ2n) is 4.81. The number of fused-ring (bicyclic) bond motifs is 2. The number of primary amides is 1. The molecule has 0 fully saturated rings. The number of rotatable bonds is 1. The van der Waals surface area contributed by atoms with E-state index in [4.69, 9.17) is 10.7 Å². The zero-order chi connectivity index (χ0) is 11.8. The molecule has 0 bridgehead atoms. The maximum atomic E-state index is 11.1. The van der Waals surface area contributed by atoms with E-state index in [9.17, 15) is 4.79 Å². The second-order valence-corrected chi connectivity index (χ2v) is 6.02. The number of thioether (sulfide) groups is 1. The molecule has 0 saturated heterocycles. The lowest BCUT2D eigenvalue weighted by Gasteiger charge is -2.23. The van der Waals surface area contributed by atoms with E-state index in [1.54, 1.807) is 0 Å². The van der Waals surface area contributed by atoms with Gasteiger partial charge in [0.25, 0.3) is 5.24 Å². The molecule has 0 aliphatic heterocycles. The molecule has 2 N–H and O–H groups in total.